The van der Waals surface area contributed by atoms with Crippen molar-refractivity contribution in [2.45, 2.75) is 51.1 Å². The normalized spacial score (nSPS) is 11.9. The van der Waals surface area contributed by atoms with E-state index in [1.54, 1.807) is 43.5 Å². The van der Waals surface area contributed by atoms with Gasteiger partial charge in [-0.2, -0.15) is 0 Å². The minimum Gasteiger partial charge on any atom is -0.497 e. The summed E-state index contributed by atoms with van der Waals surface area (Å²) in [5, 5.41) is 3.01. The largest absolute Gasteiger partial charge is 0.497 e. The van der Waals surface area contributed by atoms with Crippen LogP contribution in [-0.4, -0.2) is 51.4 Å². The number of carbonyl (C=O) groups is 2. The van der Waals surface area contributed by atoms with Crippen LogP contribution in [0.2, 0.25) is 0 Å². The molecule has 2 amide bonds. The first kappa shape index (κ1) is 34.2. The summed E-state index contributed by atoms with van der Waals surface area (Å²) < 4.78 is 34.8. The number of carbonyl (C=O) groups excluding carboxylic acids is 2. The van der Waals surface area contributed by atoms with Crippen molar-refractivity contribution >= 4 is 27.5 Å². The Morgan fingerprint density at radius 3 is 2.04 bits per heavy atom. The molecule has 0 saturated carbocycles. The monoisotopic (exact) mass is 641 g/mol. The fourth-order valence-electron chi connectivity index (χ4n) is 5.09. The van der Waals surface area contributed by atoms with Crippen molar-refractivity contribution in [1.82, 2.24) is 10.2 Å². The molecule has 9 heteroatoms. The quantitative estimate of drug-likeness (QED) is 0.175. The van der Waals surface area contributed by atoms with Crippen LogP contribution in [0, 0.1) is 5.92 Å². The molecule has 4 aromatic rings. The molecular formula is C37H43N3O5S. The van der Waals surface area contributed by atoms with Crippen molar-refractivity contribution in [2.75, 3.05) is 24.5 Å². The number of methoxy groups -OCH3 is 1. The lowest BCUT2D eigenvalue weighted by Crippen LogP contribution is -2.53. The highest BCUT2D eigenvalue weighted by atomic mass is 32.2. The molecule has 0 aromatic heterocycles. The van der Waals surface area contributed by atoms with Gasteiger partial charge in [-0.3, -0.25) is 13.9 Å². The summed E-state index contributed by atoms with van der Waals surface area (Å²) in [6, 6.07) is 31.1. The van der Waals surface area contributed by atoms with Crippen LogP contribution < -0.4 is 14.4 Å². The summed E-state index contributed by atoms with van der Waals surface area (Å²) in [4.78, 5) is 30.0. The van der Waals surface area contributed by atoms with E-state index in [9.17, 15) is 18.0 Å². The van der Waals surface area contributed by atoms with Crippen LogP contribution >= 0.6 is 0 Å². The fraction of sp³-hybridized carbons (Fsp3) is 0.297. The summed E-state index contributed by atoms with van der Waals surface area (Å²) in [6.07, 6.45) is 1.03. The van der Waals surface area contributed by atoms with Crippen molar-refractivity contribution in [3.8, 4) is 5.75 Å². The van der Waals surface area contributed by atoms with Crippen molar-refractivity contribution in [3.63, 3.8) is 0 Å². The lowest BCUT2D eigenvalue weighted by Gasteiger charge is -2.34. The average Bonchev–Trinajstić information content (AvgIpc) is 3.08. The number of anilines is 1. The van der Waals surface area contributed by atoms with Gasteiger partial charge in [0.1, 0.15) is 18.3 Å². The van der Waals surface area contributed by atoms with Crippen LogP contribution in [0.15, 0.2) is 114 Å². The third kappa shape index (κ3) is 8.97. The first-order valence-electron chi connectivity index (χ1n) is 15.5. The highest BCUT2D eigenvalue weighted by Gasteiger charge is 2.34. The maximum absolute atomic E-state index is 14.6. The van der Waals surface area contributed by atoms with Crippen molar-refractivity contribution in [1.29, 1.82) is 0 Å². The number of nitrogens with one attached hydrogen (secondary N) is 1. The van der Waals surface area contributed by atoms with E-state index in [1.165, 1.54) is 17.0 Å². The van der Waals surface area contributed by atoms with E-state index in [-0.39, 0.29) is 29.7 Å². The maximum atomic E-state index is 14.6. The zero-order valence-electron chi connectivity index (χ0n) is 26.9. The van der Waals surface area contributed by atoms with Crippen molar-refractivity contribution in [3.05, 3.63) is 126 Å². The van der Waals surface area contributed by atoms with E-state index >= 15 is 0 Å². The molecule has 4 aromatic carbocycles. The Morgan fingerprint density at radius 1 is 0.804 bits per heavy atom. The summed E-state index contributed by atoms with van der Waals surface area (Å²) >= 11 is 0. The van der Waals surface area contributed by atoms with Gasteiger partial charge in [-0.05, 0) is 65.4 Å². The Balaban J connectivity index is 1.80. The van der Waals surface area contributed by atoms with E-state index < -0.39 is 28.5 Å². The van der Waals surface area contributed by atoms with Gasteiger partial charge >= 0.3 is 0 Å². The van der Waals surface area contributed by atoms with Crippen LogP contribution in [0.4, 0.5) is 5.69 Å². The minimum absolute atomic E-state index is 0.0661. The maximum Gasteiger partial charge on any atom is 0.264 e. The zero-order chi connectivity index (χ0) is 33.1. The molecule has 0 spiro atoms. The van der Waals surface area contributed by atoms with Gasteiger partial charge in [-0.1, -0.05) is 93.6 Å². The number of ether oxygens (including phenoxy) is 1. The van der Waals surface area contributed by atoms with E-state index in [4.69, 9.17) is 4.74 Å². The number of hydrogen-bond acceptors (Lipinski definition) is 5. The number of aryl methyl sites for hydroxylation is 1. The van der Waals surface area contributed by atoms with Crippen LogP contribution in [0.5, 0.6) is 5.75 Å². The highest BCUT2D eigenvalue weighted by Crippen LogP contribution is 2.26. The molecule has 0 bridgehead atoms. The number of benzene rings is 4. The molecule has 0 radical (unpaired) electrons. The third-order valence-electron chi connectivity index (χ3n) is 7.69. The molecular weight excluding hydrogens is 598 g/mol. The Morgan fingerprint density at radius 2 is 1.43 bits per heavy atom. The van der Waals surface area contributed by atoms with Crippen molar-refractivity contribution in [2.24, 2.45) is 5.92 Å². The smallest absolute Gasteiger partial charge is 0.264 e. The molecule has 0 aliphatic rings. The standard InChI is InChI=1S/C37H43N3O5S/c1-5-29-19-21-32(22-20-29)40(46(43,44)34-17-10-7-11-18-34)27-36(41)39(26-31-15-12-16-33(23-31)45-4)35(37(42)38-25-28(2)3)24-30-13-8-6-9-14-30/h6-23,28,35H,5,24-27H2,1-4H3,(H,38,42)/t35-/m0/s1. The van der Waals surface area contributed by atoms with Gasteiger partial charge in [0.15, 0.2) is 0 Å². The Labute approximate surface area is 273 Å². The predicted molar refractivity (Wildman–Crippen MR) is 182 cm³/mol. The topological polar surface area (TPSA) is 96.0 Å². The predicted octanol–water partition coefficient (Wildman–Crippen LogP) is 5.87. The van der Waals surface area contributed by atoms with Crippen LogP contribution in [-0.2, 0) is 39.0 Å². The first-order valence-corrected chi connectivity index (χ1v) is 17.0. The second-order valence-corrected chi connectivity index (χ2v) is 13.4. The van der Waals surface area contributed by atoms with Gasteiger partial charge in [0.25, 0.3) is 10.0 Å². The second kappa shape index (κ2) is 16.1. The van der Waals surface area contributed by atoms with E-state index in [1.807, 2.05) is 81.4 Å². The molecule has 242 valence electrons. The molecule has 0 heterocycles. The van der Waals surface area contributed by atoms with Gasteiger partial charge in [0, 0.05) is 19.5 Å². The molecule has 0 unspecified atom stereocenters. The van der Waals surface area contributed by atoms with Gasteiger partial charge in [0.05, 0.1) is 17.7 Å². The number of hydrogen-bond donors (Lipinski definition) is 1. The highest BCUT2D eigenvalue weighted by molar-refractivity contribution is 7.92. The van der Waals surface area contributed by atoms with Gasteiger partial charge in [-0.15, -0.1) is 0 Å². The fourth-order valence-corrected chi connectivity index (χ4v) is 6.53. The van der Waals surface area contributed by atoms with E-state index in [2.05, 4.69) is 5.32 Å². The van der Waals surface area contributed by atoms with E-state index in [0.717, 1.165) is 27.4 Å². The zero-order valence-corrected chi connectivity index (χ0v) is 27.7. The number of nitrogens with zero attached hydrogens (tertiary/aromatic N) is 2. The Kier molecular flexibility index (Phi) is 12.0. The second-order valence-electron chi connectivity index (χ2n) is 11.6. The summed E-state index contributed by atoms with van der Waals surface area (Å²) in [5.41, 5.74) is 3.02. The molecule has 8 nitrogen and oxygen atoms in total. The number of rotatable bonds is 15. The molecule has 1 N–H and O–H groups in total. The van der Waals surface area contributed by atoms with E-state index in [0.29, 0.717) is 18.0 Å². The summed E-state index contributed by atoms with van der Waals surface area (Å²) in [7, 11) is -2.58. The lowest BCUT2D eigenvalue weighted by atomic mass is 10.0. The minimum atomic E-state index is -4.15. The number of sulfonamides is 1. The molecule has 0 aliphatic heterocycles. The van der Waals surface area contributed by atoms with Gasteiger partial charge in [-0.25, -0.2) is 8.42 Å². The van der Waals surface area contributed by atoms with Crippen LogP contribution in [0.25, 0.3) is 0 Å². The molecule has 0 saturated heterocycles. The lowest BCUT2D eigenvalue weighted by molar-refractivity contribution is -0.140. The van der Waals surface area contributed by atoms with Crippen molar-refractivity contribution < 1.29 is 22.7 Å². The van der Waals surface area contributed by atoms with Crippen LogP contribution in [0.3, 0.4) is 0 Å². The molecule has 1 atom stereocenters. The Hall–Kier alpha value is -4.63. The number of amides is 2. The molecule has 4 rings (SSSR count). The van der Waals surface area contributed by atoms with Crippen LogP contribution in [0.1, 0.15) is 37.5 Å². The Bertz CT molecular complexity index is 1680. The first-order chi connectivity index (χ1) is 22.1. The van der Waals surface area contributed by atoms with Gasteiger partial charge < -0.3 is 15.0 Å². The average molecular weight is 642 g/mol. The summed E-state index contributed by atoms with van der Waals surface area (Å²) in [6.45, 7) is 6.02. The molecule has 0 fully saturated rings. The summed E-state index contributed by atoms with van der Waals surface area (Å²) in [5.74, 6) is -0.0133. The SMILES string of the molecule is CCc1ccc(N(CC(=O)N(Cc2cccc(OC)c2)[C@@H](Cc2ccccc2)C(=O)NCC(C)C)S(=O)(=O)c2ccccc2)cc1. The third-order valence-corrected chi connectivity index (χ3v) is 9.47. The molecule has 46 heavy (non-hydrogen) atoms. The molecule has 0 aliphatic carbocycles. The van der Waals surface area contributed by atoms with Gasteiger partial charge in [0.2, 0.25) is 11.8 Å².